The fourth-order valence-electron chi connectivity index (χ4n) is 1.39. The number of rotatable bonds is 1. The predicted octanol–water partition coefficient (Wildman–Crippen LogP) is -0.723. The summed E-state index contributed by atoms with van der Waals surface area (Å²) in [6.45, 7) is 2.74. The Morgan fingerprint density at radius 2 is 2.17 bits per heavy atom. The van der Waals surface area contributed by atoms with Crippen LogP contribution in [-0.4, -0.2) is 51.4 Å². The van der Waals surface area contributed by atoms with E-state index in [1.54, 1.807) is 0 Å². The van der Waals surface area contributed by atoms with Crippen LogP contribution in [0.15, 0.2) is 0 Å². The standard InChI is InChI=1S/C7H12NO3S/c9-12(10)3-1-8(2-4-12)7-5-11-6-7/h3,7H,1-2,4-6H2. The van der Waals surface area contributed by atoms with Gasteiger partial charge in [0.05, 0.1) is 30.8 Å². The minimum absolute atomic E-state index is 0.267. The average Bonchev–Trinajstić information content (AvgIpc) is 1.89. The summed E-state index contributed by atoms with van der Waals surface area (Å²) < 4.78 is 27.1. The van der Waals surface area contributed by atoms with E-state index in [4.69, 9.17) is 4.74 Å². The molecule has 0 atom stereocenters. The normalized spacial score (nSPS) is 31.3. The van der Waals surface area contributed by atoms with Crippen LogP contribution in [0, 0.1) is 5.75 Å². The lowest BCUT2D eigenvalue weighted by Gasteiger charge is -2.38. The van der Waals surface area contributed by atoms with Gasteiger partial charge in [0.1, 0.15) is 0 Å². The van der Waals surface area contributed by atoms with Gasteiger partial charge in [-0.25, -0.2) is 8.42 Å². The van der Waals surface area contributed by atoms with E-state index in [0.717, 1.165) is 13.2 Å². The highest BCUT2D eigenvalue weighted by Gasteiger charge is 2.31. The molecular weight excluding hydrogens is 178 g/mol. The number of ether oxygens (including phenoxy) is 1. The van der Waals surface area contributed by atoms with Crippen molar-refractivity contribution in [3.63, 3.8) is 0 Å². The van der Waals surface area contributed by atoms with Crippen LogP contribution in [0.1, 0.15) is 0 Å². The Labute approximate surface area is 72.4 Å². The summed E-state index contributed by atoms with van der Waals surface area (Å²) in [5, 5.41) is 0. The first-order valence-electron chi connectivity index (χ1n) is 4.05. The number of hydrogen-bond donors (Lipinski definition) is 0. The van der Waals surface area contributed by atoms with E-state index in [1.165, 1.54) is 5.75 Å². The van der Waals surface area contributed by atoms with Crippen LogP contribution in [0.2, 0.25) is 0 Å². The second-order valence-corrected chi connectivity index (χ2v) is 5.29. The van der Waals surface area contributed by atoms with Crippen molar-refractivity contribution in [3.05, 3.63) is 5.75 Å². The van der Waals surface area contributed by atoms with E-state index in [1.807, 2.05) is 0 Å². The highest BCUT2D eigenvalue weighted by Crippen LogP contribution is 2.15. The summed E-state index contributed by atoms with van der Waals surface area (Å²) in [7, 11) is -2.84. The maximum absolute atomic E-state index is 11.0. The number of nitrogens with zero attached hydrogens (tertiary/aromatic N) is 1. The maximum atomic E-state index is 11.0. The van der Waals surface area contributed by atoms with E-state index in [2.05, 4.69) is 4.90 Å². The molecule has 5 heteroatoms. The van der Waals surface area contributed by atoms with E-state index >= 15 is 0 Å². The Morgan fingerprint density at radius 1 is 1.42 bits per heavy atom. The van der Waals surface area contributed by atoms with Gasteiger partial charge in [-0.2, -0.15) is 0 Å². The van der Waals surface area contributed by atoms with Gasteiger partial charge in [0, 0.05) is 13.1 Å². The van der Waals surface area contributed by atoms with Crippen molar-refractivity contribution in [3.8, 4) is 0 Å². The molecule has 0 aromatic carbocycles. The van der Waals surface area contributed by atoms with Gasteiger partial charge in [-0.15, -0.1) is 0 Å². The van der Waals surface area contributed by atoms with Crippen molar-refractivity contribution < 1.29 is 13.2 Å². The van der Waals surface area contributed by atoms with Crippen molar-refractivity contribution in [2.45, 2.75) is 6.04 Å². The first-order valence-corrected chi connectivity index (χ1v) is 5.77. The van der Waals surface area contributed by atoms with Gasteiger partial charge in [0.15, 0.2) is 9.84 Å². The molecule has 0 aromatic rings. The monoisotopic (exact) mass is 190 g/mol. The molecule has 0 amide bonds. The third-order valence-corrected chi connectivity index (χ3v) is 3.77. The molecule has 4 nitrogen and oxygen atoms in total. The highest BCUT2D eigenvalue weighted by atomic mass is 32.2. The lowest BCUT2D eigenvalue weighted by Crippen LogP contribution is -2.53. The predicted molar refractivity (Wildman–Crippen MR) is 44.3 cm³/mol. The molecule has 2 rings (SSSR count). The summed E-state index contributed by atoms with van der Waals surface area (Å²) in [6.07, 6.45) is 0. The Kier molecular flexibility index (Phi) is 2.10. The second kappa shape index (κ2) is 2.97. The van der Waals surface area contributed by atoms with E-state index in [9.17, 15) is 8.42 Å². The zero-order chi connectivity index (χ0) is 8.60. The Morgan fingerprint density at radius 3 is 2.58 bits per heavy atom. The summed E-state index contributed by atoms with van der Waals surface area (Å²) in [4.78, 5) is 2.16. The van der Waals surface area contributed by atoms with Crippen LogP contribution < -0.4 is 0 Å². The van der Waals surface area contributed by atoms with E-state index in [0.29, 0.717) is 19.1 Å². The quantitative estimate of drug-likeness (QED) is 0.547. The van der Waals surface area contributed by atoms with Gasteiger partial charge >= 0.3 is 0 Å². The fraction of sp³-hybridized carbons (Fsp3) is 0.857. The van der Waals surface area contributed by atoms with Crippen molar-refractivity contribution in [1.82, 2.24) is 4.90 Å². The average molecular weight is 190 g/mol. The van der Waals surface area contributed by atoms with E-state index < -0.39 is 9.84 Å². The smallest absolute Gasteiger partial charge is 0.157 e. The Balaban J connectivity index is 1.89. The molecule has 0 saturated carbocycles. The summed E-state index contributed by atoms with van der Waals surface area (Å²) >= 11 is 0. The van der Waals surface area contributed by atoms with Gasteiger partial charge in [0.2, 0.25) is 0 Å². The zero-order valence-electron chi connectivity index (χ0n) is 6.77. The van der Waals surface area contributed by atoms with Crippen molar-refractivity contribution in [2.75, 3.05) is 32.1 Å². The molecule has 0 aromatic heterocycles. The van der Waals surface area contributed by atoms with Crippen molar-refractivity contribution in [1.29, 1.82) is 0 Å². The van der Waals surface area contributed by atoms with Gasteiger partial charge < -0.3 is 4.74 Å². The van der Waals surface area contributed by atoms with Crippen LogP contribution >= 0.6 is 0 Å². The van der Waals surface area contributed by atoms with Crippen molar-refractivity contribution in [2.24, 2.45) is 0 Å². The molecule has 2 fully saturated rings. The van der Waals surface area contributed by atoms with Gasteiger partial charge in [-0.1, -0.05) is 0 Å². The summed E-state index contributed by atoms with van der Waals surface area (Å²) in [6, 6.07) is 0.455. The second-order valence-electron chi connectivity index (χ2n) is 3.22. The summed E-state index contributed by atoms with van der Waals surface area (Å²) in [5.74, 6) is 1.68. The minimum Gasteiger partial charge on any atom is -0.378 e. The largest absolute Gasteiger partial charge is 0.378 e. The molecule has 0 bridgehead atoms. The fourth-order valence-corrected chi connectivity index (χ4v) is 2.47. The number of sulfone groups is 1. The first-order chi connectivity index (χ1) is 5.67. The summed E-state index contributed by atoms with van der Waals surface area (Å²) in [5.41, 5.74) is 0. The van der Waals surface area contributed by atoms with Crippen molar-refractivity contribution >= 4 is 9.84 Å². The topological polar surface area (TPSA) is 46.6 Å². The Hall–Kier alpha value is -0.130. The zero-order valence-corrected chi connectivity index (χ0v) is 7.59. The molecular formula is C7H12NO3S. The van der Waals surface area contributed by atoms with Crippen LogP contribution in [0.4, 0.5) is 0 Å². The molecule has 2 aliphatic heterocycles. The highest BCUT2D eigenvalue weighted by molar-refractivity contribution is 7.93. The SMILES string of the molecule is O=S1(=O)[CH]CN(C2COC2)CC1. The molecule has 69 valence electrons. The lowest BCUT2D eigenvalue weighted by atomic mass is 10.2. The third kappa shape index (κ3) is 1.62. The van der Waals surface area contributed by atoms with Crippen LogP contribution in [0.3, 0.4) is 0 Å². The third-order valence-electron chi connectivity index (χ3n) is 2.36. The van der Waals surface area contributed by atoms with Crippen LogP contribution in [0.5, 0.6) is 0 Å². The van der Waals surface area contributed by atoms with E-state index in [-0.39, 0.29) is 5.75 Å². The lowest BCUT2D eigenvalue weighted by molar-refractivity contribution is -0.0605. The van der Waals surface area contributed by atoms with Gasteiger partial charge in [-0.05, 0) is 0 Å². The molecule has 0 aliphatic carbocycles. The molecule has 2 aliphatic rings. The first kappa shape index (κ1) is 8.47. The maximum Gasteiger partial charge on any atom is 0.157 e. The van der Waals surface area contributed by atoms with Crippen LogP contribution in [0.25, 0.3) is 0 Å². The molecule has 12 heavy (non-hydrogen) atoms. The van der Waals surface area contributed by atoms with Gasteiger partial charge in [-0.3, -0.25) is 4.90 Å². The minimum atomic E-state index is -2.84. The molecule has 0 N–H and O–H groups in total. The molecule has 1 radical (unpaired) electrons. The Bertz CT molecular complexity index is 244. The van der Waals surface area contributed by atoms with Gasteiger partial charge in [0.25, 0.3) is 0 Å². The number of hydrogen-bond acceptors (Lipinski definition) is 4. The molecule has 0 spiro atoms. The molecule has 0 unspecified atom stereocenters. The molecule has 2 saturated heterocycles. The molecule has 2 heterocycles. The van der Waals surface area contributed by atoms with Crippen LogP contribution in [-0.2, 0) is 14.6 Å².